The smallest absolute Gasteiger partial charge is 0.305 e. The quantitative estimate of drug-likeness (QED) is 0.207. The molecule has 0 saturated heterocycles. The molecule has 3 N–H and O–H groups in total. The summed E-state index contributed by atoms with van der Waals surface area (Å²) in [6, 6.07) is 24.3. The van der Waals surface area contributed by atoms with Gasteiger partial charge in [0, 0.05) is 28.9 Å². The third kappa shape index (κ3) is 7.67. The number of carbonyl (C=O) groups excluding carboxylic acids is 1. The number of benzene rings is 3. The number of carboxylic acids is 1. The molecule has 39 heavy (non-hydrogen) atoms. The number of anilines is 1. The van der Waals surface area contributed by atoms with E-state index in [9.17, 15) is 9.59 Å². The molecule has 3 aromatic carbocycles. The van der Waals surface area contributed by atoms with Crippen molar-refractivity contribution < 1.29 is 23.8 Å². The Morgan fingerprint density at radius 1 is 0.923 bits per heavy atom. The zero-order valence-corrected chi connectivity index (χ0v) is 22.0. The molecule has 202 valence electrons. The van der Waals surface area contributed by atoms with Gasteiger partial charge in [-0.05, 0) is 66.6 Å². The van der Waals surface area contributed by atoms with Gasteiger partial charge in [0.25, 0.3) is 5.91 Å². The number of hydrogen-bond donors (Lipinski definition) is 3. The highest BCUT2D eigenvalue weighted by atomic mass is 16.5. The molecule has 0 spiro atoms. The minimum absolute atomic E-state index is 0.0364. The molecule has 4 rings (SSSR count). The number of carboxylic acid groups (broad SMARTS) is 1. The molecule has 0 aliphatic carbocycles. The van der Waals surface area contributed by atoms with E-state index in [0.717, 1.165) is 29.0 Å². The van der Waals surface area contributed by atoms with E-state index in [0.29, 0.717) is 29.9 Å². The Morgan fingerprint density at radius 2 is 1.56 bits per heavy atom. The van der Waals surface area contributed by atoms with Crippen LogP contribution in [0, 0.1) is 5.92 Å². The van der Waals surface area contributed by atoms with Gasteiger partial charge in [-0.25, -0.2) is 0 Å². The van der Waals surface area contributed by atoms with Crippen LogP contribution in [0.25, 0.3) is 22.9 Å². The fourth-order valence-corrected chi connectivity index (χ4v) is 3.87. The maximum Gasteiger partial charge on any atom is 0.305 e. The maximum atomic E-state index is 12.2. The van der Waals surface area contributed by atoms with Crippen LogP contribution in [0.3, 0.4) is 0 Å². The molecule has 2 atom stereocenters. The van der Waals surface area contributed by atoms with Crippen molar-refractivity contribution in [3.63, 3.8) is 0 Å². The standard InChI is InChI=1S/C30H32N4O5/c1-3-20(2)26(32-24-13-9-21(10-14-24)28(37)31-18-17-27(35)36)19-38-25-15-11-23(12-16-25)30-34-33-29(39-30)22-7-5-4-6-8-22/h4-16,20,26,32H,3,17-19H2,1-2H3,(H,31,37)(H,35,36). The Bertz CT molecular complexity index is 1350. The van der Waals surface area contributed by atoms with E-state index in [-0.39, 0.29) is 24.9 Å². The van der Waals surface area contributed by atoms with E-state index < -0.39 is 5.97 Å². The van der Waals surface area contributed by atoms with Crippen LogP contribution < -0.4 is 15.4 Å². The Labute approximate surface area is 227 Å². The Kier molecular flexibility index (Phi) is 9.29. The second-order valence-corrected chi connectivity index (χ2v) is 9.23. The van der Waals surface area contributed by atoms with Crippen LogP contribution in [-0.2, 0) is 4.79 Å². The van der Waals surface area contributed by atoms with Crippen LogP contribution in [-0.4, -0.2) is 46.4 Å². The molecule has 0 saturated carbocycles. The summed E-state index contributed by atoms with van der Waals surface area (Å²) < 4.78 is 11.9. The third-order valence-electron chi connectivity index (χ3n) is 6.43. The van der Waals surface area contributed by atoms with Gasteiger partial charge in [0.2, 0.25) is 11.8 Å². The van der Waals surface area contributed by atoms with Gasteiger partial charge in [0.1, 0.15) is 12.4 Å². The number of amides is 1. The van der Waals surface area contributed by atoms with Gasteiger partial charge >= 0.3 is 5.97 Å². The fraction of sp³-hybridized carbons (Fsp3) is 0.267. The van der Waals surface area contributed by atoms with Crippen molar-refractivity contribution in [1.29, 1.82) is 0 Å². The predicted octanol–water partition coefficient (Wildman–Crippen LogP) is 5.51. The first-order valence-electron chi connectivity index (χ1n) is 12.9. The molecule has 0 radical (unpaired) electrons. The van der Waals surface area contributed by atoms with Gasteiger partial charge in [-0.3, -0.25) is 9.59 Å². The predicted molar refractivity (Wildman–Crippen MR) is 149 cm³/mol. The first kappa shape index (κ1) is 27.4. The van der Waals surface area contributed by atoms with Crippen LogP contribution in [0.2, 0.25) is 0 Å². The molecule has 9 heteroatoms. The SMILES string of the molecule is CCC(C)C(COc1ccc(-c2nnc(-c3ccccc3)o2)cc1)Nc1ccc(C(=O)NCCC(=O)O)cc1. The minimum atomic E-state index is -0.951. The fourth-order valence-electron chi connectivity index (χ4n) is 3.87. The number of aliphatic carboxylic acids is 1. The number of nitrogens with one attached hydrogen (secondary N) is 2. The minimum Gasteiger partial charge on any atom is -0.491 e. The van der Waals surface area contributed by atoms with Gasteiger partial charge in [-0.2, -0.15) is 0 Å². The second kappa shape index (κ2) is 13.2. The summed E-state index contributed by atoms with van der Waals surface area (Å²) in [7, 11) is 0. The van der Waals surface area contributed by atoms with Crippen LogP contribution in [0.5, 0.6) is 5.75 Å². The monoisotopic (exact) mass is 528 g/mol. The van der Waals surface area contributed by atoms with Gasteiger partial charge < -0.3 is 24.9 Å². The number of rotatable bonds is 13. The van der Waals surface area contributed by atoms with E-state index in [2.05, 4.69) is 34.7 Å². The van der Waals surface area contributed by atoms with E-state index in [1.54, 1.807) is 12.1 Å². The highest BCUT2D eigenvalue weighted by Crippen LogP contribution is 2.26. The van der Waals surface area contributed by atoms with Gasteiger partial charge in [0.05, 0.1) is 12.5 Å². The molecular formula is C30H32N4O5. The Balaban J connectivity index is 1.34. The van der Waals surface area contributed by atoms with Gasteiger partial charge in [-0.15, -0.1) is 10.2 Å². The average molecular weight is 529 g/mol. The summed E-state index contributed by atoms with van der Waals surface area (Å²) >= 11 is 0. The summed E-state index contributed by atoms with van der Waals surface area (Å²) in [4.78, 5) is 22.8. The zero-order valence-electron chi connectivity index (χ0n) is 22.0. The number of nitrogens with zero attached hydrogens (tertiary/aromatic N) is 2. The molecule has 4 aromatic rings. The van der Waals surface area contributed by atoms with E-state index in [4.69, 9.17) is 14.3 Å². The molecule has 0 fully saturated rings. The molecule has 1 aromatic heterocycles. The van der Waals surface area contributed by atoms with Crippen LogP contribution in [0.15, 0.2) is 83.3 Å². The van der Waals surface area contributed by atoms with Gasteiger partial charge in [-0.1, -0.05) is 38.5 Å². The molecular weight excluding hydrogens is 496 g/mol. The van der Waals surface area contributed by atoms with Crippen molar-refractivity contribution in [1.82, 2.24) is 15.5 Å². The Hall–Kier alpha value is -4.66. The molecule has 0 aliphatic rings. The number of carbonyl (C=O) groups is 2. The van der Waals surface area contributed by atoms with Crippen molar-refractivity contribution in [3.8, 4) is 28.7 Å². The van der Waals surface area contributed by atoms with Crippen molar-refractivity contribution in [2.45, 2.75) is 32.7 Å². The largest absolute Gasteiger partial charge is 0.491 e. The highest BCUT2D eigenvalue weighted by Gasteiger charge is 2.18. The lowest BCUT2D eigenvalue weighted by atomic mass is 9.99. The first-order valence-corrected chi connectivity index (χ1v) is 12.9. The summed E-state index contributed by atoms with van der Waals surface area (Å²) in [5, 5.41) is 23.2. The van der Waals surface area contributed by atoms with Crippen LogP contribution in [0.4, 0.5) is 5.69 Å². The summed E-state index contributed by atoms with van der Waals surface area (Å²) in [6.45, 7) is 4.83. The number of hydrogen-bond acceptors (Lipinski definition) is 7. The summed E-state index contributed by atoms with van der Waals surface area (Å²) in [5.74, 6) is 0.722. The molecule has 0 bridgehead atoms. The van der Waals surface area contributed by atoms with E-state index in [1.807, 2.05) is 66.7 Å². The van der Waals surface area contributed by atoms with Crippen LogP contribution in [0.1, 0.15) is 37.0 Å². The Morgan fingerprint density at radius 3 is 2.18 bits per heavy atom. The molecule has 1 heterocycles. The molecule has 9 nitrogen and oxygen atoms in total. The number of ether oxygens (including phenoxy) is 1. The highest BCUT2D eigenvalue weighted by molar-refractivity contribution is 5.94. The van der Waals surface area contributed by atoms with Gasteiger partial charge in [0.15, 0.2) is 0 Å². The average Bonchev–Trinajstić information content (AvgIpc) is 3.46. The van der Waals surface area contributed by atoms with E-state index in [1.165, 1.54) is 0 Å². The van der Waals surface area contributed by atoms with Crippen molar-refractivity contribution in [3.05, 3.63) is 84.4 Å². The molecule has 2 unspecified atom stereocenters. The lowest BCUT2D eigenvalue weighted by Crippen LogP contribution is -2.33. The zero-order chi connectivity index (χ0) is 27.6. The first-order chi connectivity index (χ1) is 18.9. The lowest BCUT2D eigenvalue weighted by molar-refractivity contribution is -0.136. The normalized spacial score (nSPS) is 12.4. The lowest BCUT2D eigenvalue weighted by Gasteiger charge is -2.25. The third-order valence-corrected chi connectivity index (χ3v) is 6.43. The number of aromatic nitrogens is 2. The molecule has 0 aliphatic heterocycles. The second-order valence-electron chi connectivity index (χ2n) is 9.23. The van der Waals surface area contributed by atoms with Crippen molar-refractivity contribution in [2.24, 2.45) is 5.92 Å². The maximum absolute atomic E-state index is 12.2. The summed E-state index contributed by atoms with van der Waals surface area (Å²) in [6.07, 6.45) is 0.849. The van der Waals surface area contributed by atoms with Crippen molar-refractivity contribution in [2.75, 3.05) is 18.5 Å². The molecule has 1 amide bonds. The van der Waals surface area contributed by atoms with E-state index >= 15 is 0 Å². The topological polar surface area (TPSA) is 127 Å². The van der Waals surface area contributed by atoms with Crippen LogP contribution >= 0.6 is 0 Å². The summed E-state index contributed by atoms with van der Waals surface area (Å²) in [5.41, 5.74) is 3.01. The van der Waals surface area contributed by atoms with Crippen molar-refractivity contribution >= 4 is 17.6 Å².